The van der Waals surface area contributed by atoms with E-state index in [1.54, 1.807) is 6.08 Å². The zero-order valence-corrected chi connectivity index (χ0v) is 47.3. The van der Waals surface area contributed by atoms with E-state index in [9.17, 15) is 19.0 Å². The Labute approximate surface area is 437 Å². The molecule has 1 N–H and O–H groups in total. The maximum atomic E-state index is 13.4. The van der Waals surface area contributed by atoms with E-state index < -0.39 is 26.6 Å². The summed E-state index contributed by atoms with van der Waals surface area (Å²) >= 11 is 0. The van der Waals surface area contributed by atoms with Gasteiger partial charge in [-0.1, -0.05) is 215 Å². The number of hydrogen-bond acceptors (Lipinski definition) is 7. The molecule has 0 spiro atoms. The molecule has 0 saturated carbocycles. The molecule has 408 valence electrons. The quantitative estimate of drug-likeness (QED) is 0.0212. The number of phosphoric acid groups is 1. The van der Waals surface area contributed by atoms with Crippen LogP contribution in [0, 0.1) is 0 Å². The molecule has 0 aliphatic rings. The Bertz CT molecular complexity index is 1540. The predicted molar refractivity (Wildman–Crippen MR) is 302 cm³/mol. The molecule has 0 aromatic rings. The van der Waals surface area contributed by atoms with Crippen LogP contribution in [0.15, 0.2) is 97.2 Å². The van der Waals surface area contributed by atoms with Gasteiger partial charge in [0, 0.05) is 12.8 Å². The van der Waals surface area contributed by atoms with E-state index in [2.05, 4.69) is 105 Å². The van der Waals surface area contributed by atoms with E-state index in [0.717, 1.165) is 83.5 Å². The molecule has 3 unspecified atom stereocenters. The Kier molecular flexibility index (Phi) is 48.3. The lowest BCUT2D eigenvalue weighted by molar-refractivity contribution is -0.870. The monoisotopic (exact) mass is 1010 g/mol. The van der Waals surface area contributed by atoms with Crippen LogP contribution in [-0.2, 0) is 27.9 Å². The average molecular weight is 1010 g/mol. The van der Waals surface area contributed by atoms with Crippen molar-refractivity contribution in [2.45, 2.75) is 238 Å². The van der Waals surface area contributed by atoms with Gasteiger partial charge in [-0.05, 0) is 96.0 Å². The van der Waals surface area contributed by atoms with Crippen molar-refractivity contribution >= 4 is 19.7 Å². The van der Waals surface area contributed by atoms with Gasteiger partial charge in [0.25, 0.3) is 7.82 Å². The van der Waals surface area contributed by atoms with E-state index in [-0.39, 0.29) is 31.3 Å². The zero-order chi connectivity index (χ0) is 52.2. The van der Waals surface area contributed by atoms with Crippen molar-refractivity contribution in [3.8, 4) is 0 Å². The molecule has 71 heavy (non-hydrogen) atoms. The zero-order valence-electron chi connectivity index (χ0n) is 46.4. The summed E-state index contributed by atoms with van der Waals surface area (Å²) in [4.78, 5) is 39.8. The first-order chi connectivity index (χ1) is 34.4. The van der Waals surface area contributed by atoms with E-state index >= 15 is 0 Å². The Morgan fingerprint density at radius 1 is 0.507 bits per heavy atom. The van der Waals surface area contributed by atoms with Crippen LogP contribution in [0.4, 0.5) is 0 Å². The van der Waals surface area contributed by atoms with E-state index in [0.29, 0.717) is 23.9 Å². The molecule has 9 nitrogen and oxygen atoms in total. The van der Waals surface area contributed by atoms with Gasteiger partial charge in [0.15, 0.2) is 0 Å². The van der Waals surface area contributed by atoms with Gasteiger partial charge in [-0.25, -0.2) is 0 Å². The fourth-order valence-corrected chi connectivity index (χ4v) is 8.32. The number of carbonyl (C=O) groups is 2. The third-order valence-corrected chi connectivity index (χ3v) is 13.0. The third kappa shape index (κ3) is 51.6. The lowest BCUT2D eigenvalue weighted by Crippen LogP contribution is -2.47. The summed E-state index contributed by atoms with van der Waals surface area (Å²) in [6.07, 6.45) is 66.8. The smallest absolute Gasteiger partial charge is 0.306 e. The maximum absolute atomic E-state index is 13.4. The number of unbranched alkanes of at least 4 members (excludes halogenated alkanes) is 20. The van der Waals surface area contributed by atoms with Gasteiger partial charge >= 0.3 is 5.97 Å². The number of nitrogens with one attached hydrogen (secondary N) is 1. The van der Waals surface area contributed by atoms with Crippen molar-refractivity contribution in [2.24, 2.45) is 0 Å². The predicted octanol–water partition coefficient (Wildman–Crippen LogP) is 16.6. The topological polar surface area (TPSA) is 114 Å². The van der Waals surface area contributed by atoms with Crippen LogP contribution in [-0.4, -0.2) is 69.4 Å². The van der Waals surface area contributed by atoms with Crippen LogP contribution in [0.5, 0.6) is 0 Å². The van der Waals surface area contributed by atoms with Gasteiger partial charge in [-0.2, -0.15) is 0 Å². The van der Waals surface area contributed by atoms with E-state index in [1.165, 1.54) is 96.3 Å². The molecular formula is C61H107N2O7P. The standard InChI is InChI=1S/C61H107N2O7P/c1-7-10-13-16-19-22-25-28-29-30-31-32-33-36-39-42-45-48-51-54-61(65)70-59(52-49-46-43-40-37-34-26-23-20-17-14-11-8-2)58(57-69-71(66,67)68-56-55-63(4,5)6)62-60(64)53-50-47-44-41-38-35-27-24-21-18-15-12-9-3/h10,13,19,22,28-29,31-32,35-36,38-39,44,47,49,52,58-59H,7-9,11-12,14-18,20-21,23-27,30,33-34,37,40-43,45-46,48,50-51,53-57H2,1-6H3,(H-,62,64,66,67)/b13-10-,22-19-,29-28-,32-31-,38-35-,39-36-,47-44+,52-49-. The molecule has 0 aliphatic heterocycles. The number of rotatable bonds is 50. The number of hydrogen-bond donors (Lipinski definition) is 1. The second-order valence-electron chi connectivity index (χ2n) is 20.1. The first-order valence-corrected chi connectivity index (χ1v) is 30.0. The highest BCUT2D eigenvalue weighted by molar-refractivity contribution is 7.45. The number of allylic oxidation sites excluding steroid dienone is 15. The second kappa shape index (κ2) is 50.5. The van der Waals surface area contributed by atoms with Gasteiger partial charge < -0.3 is 28.5 Å². The maximum Gasteiger partial charge on any atom is 0.306 e. The van der Waals surface area contributed by atoms with Gasteiger partial charge in [0.05, 0.1) is 33.8 Å². The molecule has 0 aromatic heterocycles. The van der Waals surface area contributed by atoms with Crippen LogP contribution in [0.1, 0.15) is 226 Å². The molecule has 0 saturated heterocycles. The number of carbonyl (C=O) groups excluding carboxylic acids is 2. The summed E-state index contributed by atoms with van der Waals surface area (Å²) in [5.41, 5.74) is 0. The highest BCUT2D eigenvalue weighted by Crippen LogP contribution is 2.38. The van der Waals surface area contributed by atoms with Crippen molar-refractivity contribution < 1.29 is 37.3 Å². The molecule has 0 rings (SSSR count). The summed E-state index contributed by atoms with van der Waals surface area (Å²) in [5.74, 6) is -0.663. The third-order valence-electron chi connectivity index (χ3n) is 12.0. The summed E-state index contributed by atoms with van der Waals surface area (Å²) in [5, 5.41) is 2.97. The SMILES string of the molecule is CC/C=C\C/C=C\C/C=C\C/C=C\C/C=C\CCCCCC(=O)OC(/C=C\CCCCCCCCCCCCC)C(COP(=O)([O-])OCC[N+](C)(C)C)NC(=O)CC/C=C/C/C=C\CCCCCCCC. The number of esters is 1. The number of quaternary nitrogens is 1. The lowest BCUT2D eigenvalue weighted by Gasteiger charge is -2.30. The van der Waals surface area contributed by atoms with E-state index in [4.69, 9.17) is 13.8 Å². The Balaban J connectivity index is 5.50. The van der Waals surface area contributed by atoms with Gasteiger partial charge in [-0.3, -0.25) is 14.2 Å². The molecular weight excluding hydrogens is 904 g/mol. The highest BCUT2D eigenvalue weighted by Gasteiger charge is 2.27. The fraction of sp³-hybridized carbons (Fsp3) is 0.705. The van der Waals surface area contributed by atoms with Gasteiger partial charge in [0.1, 0.15) is 19.3 Å². The van der Waals surface area contributed by atoms with Crippen molar-refractivity contribution in [1.82, 2.24) is 5.32 Å². The number of amides is 1. The molecule has 0 aromatic carbocycles. The molecule has 1 amide bonds. The molecule has 0 aliphatic carbocycles. The van der Waals surface area contributed by atoms with Crippen molar-refractivity contribution in [3.05, 3.63) is 97.2 Å². The first kappa shape index (κ1) is 67.9. The number of nitrogens with zero attached hydrogens (tertiary/aromatic N) is 1. The minimum Gasteiger partial charge on any atom is -0.756 e. The van der Waals surface area contributed by atoms with Crippen molar-refractivity contribution in [1.29, 1.82) is 0 Å². The number of phosphoric ester groups is 1. The Hall–Kier alpha value is -3.07. The molecule has 0 radical (unpaired) electrons. The average Bonchev–Trinajstić information content (AvgIpc) is 3.33. The minimum atomic E-state index is -4.72. The normalized spacial score (nSPS) is 14.5. The summed E-state index contributed by atoms with van der Waals surface area (Å²) in [6.45, 7) is 6.63. The molecule has 3 atom stereocenters. The first-order valence-electron chi connectivity index (χ1n) is 28.5. The van der Waals surface area contributed by atoms with Crippen molar-refractivity contribution in [2.75, 3.05) is 40.9 Å². The van der Waals surface area contributed by atoms with E-state index in [1.807, 2.05) is 33.3 Å². The summed E-state index contributed by atoms with van der Waals surface area (Å²) < 4.78 is 30.1. The summed E-state index contributed by atoms with van der Waals surface area (Å²) in [7, 11) is 1.12. The van der Waals surface area contributed by atoms with Crippen LogP contribution in [0.3, 0.4) is 0 Å². The Morgan fingerprint density at radius 3 is 1.38 bits per heavy atom. The minimum absolute atomic E-state index is 0.0414. The van der Waals surface area contributed by atoms with Crippen LogP contribution in [0.2, 0.25) is 0 Å². The molecule has 0 fully saturated rings. The van der Waals surface area contributed by atoms with Crippen LogP contribution in [0.25, 0.3) is 0 Å². The van der Waals surface area contributed by atoms with Crippen LogP contribution >= 0.6 is 7.82 Å². The molecule has 10 heteroatoms. The fourth-order valence-electron chi connectivity index (χ4n) is 7.60. The van der Waals surface area contributed by atoms with Gasteiger partial charge in [0.2, 0.25) is 5.91 Å². The lowest BCUT2D eigenvalue weighted by atomic mass is 10.0. The molecule has 0 bridgehead atoms. The van der Waals surface area contributed by atoms with Gasteiger partial charge in [-0.15, -0.1) is 0 Å². The number of likely N-dealkylation sites (N-methyl/N-ethyl adjacent to an activating group) is 1. The van der Waals surface area contributed by atoms with Crippen LogP contribution < -0.4 is 10.2 Å². The Morgan fingerprint density at radius 2 is 0.915 bits per heavy atom. The summed E-state index contributed by atoms with van der Waals surface area (Å²) in [6, 6.07) is -0.937. The number of ether oxygens (including phenoxy) is 1. The largest absolute Gasteiger partial charge is 0.756 e. The highest BCUT2D eigenvalue weighted by atomic mass is 31.2. The second-order valence-corrected chi connectivity index (χ2v) is 21.5. The molecule has 0 heterocycles. The van der Waals surface area contributed by atoms with Crippen molar-refractivity contribution in [3.63, 3.8) is 0 Å².